The fourth-order valence-corrected chi connectivity index (χ4v) is 2.26. The molecule has 1 aliphatic rings. The minimum absolute atomic E-state index is 0.344. The second kappa shape index (κ2) is 5.87. The molecule has 1 unspecified atom stereocenters. The van der Waals surface area contributed by atoms with Crippen LogP contribution >= 0.6 is 0 Å². The summed E-state index contributed by atoms with van der Waals surface area (Å²) in [6.07, 6.45) is 7.25. The van der Waals surface area contributed by atoms with Gasteiger partial charge in [-0.05, 0) is 25.3 Å². The molecule has 4 heteroatoms. The molecular weight excluding hydrogens is 214 g/mol. The van der Waals surface area contributed by atoms with Gasteiger partial charge >= 0.3 is 0 Å². The first-order valence-electron chi connectivity index (χ1n) is 6.37. The highest BCUT2D eigenvalue weighted by molar-refractivity contribution is 5.66. The highest BCUT2D eigenvalue weighted by Gasteiger charge is 2.21. The van der Waals surface area contributed by atoms with Gasteiger partial charge in [0, 0.05) is 25.9 Å². The SMILES string of the molecule is CCCOC1CCCN(c2ccncc2N)C1. The maximum absolute atomic E-state index is 5.95. The molecule has 0 bridgehead atoms. The van der Waals surface area contributed by atoms with E-state index in [-0.39, 0.29) is 0 Å². The molecule has 2 heterocycles. The molecule has 0 aliphatic carbocycles. The number of hydrogen-bond donors (Lipinski definition) is 1. The van der Waals surface area contributed by atoms with E-state index in [0.717, 1.165) is 50.3 Å². The molecule has 0 saturated carbocycles. The van der Waals surface area contributed by atoms with Crippen LogP contribution in [-0.4, -0.2) is 30.8 Å². The molecule has 0 radical (unpaired) electrons. The third kappa shape index (κ3) is 3.09. The Labute approximate surface area is 103 Å². The number of ether oxygens (including phenoxy) is 1. The second-order valence-corrected chi connectivity index (χ2v) is 4.52. The summed E-state index contributed by atoms with van der Waals surface area (Å²) in [5.41, 5.74) is 7.79. The molecule has 17 heavy (non-hydrogen) atoms. The van der Waals surface area contributed by atoms with Crippen LogP contribution < -0.4 is 10.6 Å². The number of anilines is 2. The largest absolute Gasteiger partial charge is 0.396 e. The summed E-state index contributed by atoms with van der Waals surface area (Å²) in [6.45, 7) is 4.99. The highest BCUT2D eigenvalue weighted by Crippen LogP contribution is 2.25. The predicted molar refractivity (Wildman–Crippen MR) is 70.1 cm³/mol. The van der Waals surface area contributed by atoms with E-state index in [4.69, 9.17) is 10.5 Å². The normalized spacial score (nSPS) is 20.5. The lowest BCUT2D eigenvalue weighted by Gasteiger charge is -2.34. The second-order valence-electron chi connectivity index (χ2n) is 4.52. The van der Waals surface area contributed by atoms with Crippen molar-refractivity contribution in [1.29, 1.82) is 0 Å². The Balaban J connectivity index is 1.99. The minimum atomic E-state index is 0.344. The Kier molecular flexibility index (Phi) is 4.20. The molecule has 94 valence electrons. The maximum Gasteiger partial charge on any atom is 0.0750 e. The lowest BCUT2D eigenvalue weighted by molar-refractivity contribution is 0.0441. The van der Waals surface area contributed by atoms with Crippen molar-refractivity contribution in [3.05, 3.63) is 18.5 Å². The van der Waals surface area contributed by atoms with Crippen LogP contribution in [0.25, 0.3) is 0 Å². The van der Waals surface area contributed by atoms with Crippen LogP contribution in [0.3, 0.4) is 0 Å². The maximum atomic E-state index is 5.95. The van der Waals surface area contributed by atoms with E-state index in [1.54, 1.807) is 12.4 Å². The summed E-state index contributed by atoms with van der Waals surface area (Å²) in [5.74, 6) is 0. The van der Waals surface area contributed by atoms with Crippen molar-refractivity contribution in [1.82, 2.24) is 4.98 Å². The number of aromatic nitrogens is 1. The van der Waals surface area contributed by atoms with Gasteiger partial charge in [0.2, 0.25) is 0 Å². The van der Waals surface area contributed by atoms with Crippen molar-refractivity contribution >= 4 is 11.4 Å². The third-order valence-electron chi connectivity index (χ3n) is 3.10. The number of nitrogens with two attached hydrogens (primary N) is 1. The van der Waals surface area contributed by atoms with E-state index in [2.05, 4.69) is 16.8 Å². The van der Waals surface area contributed by atoms with Gasteiger partial charge in [-0.3, -0.25) is 4.98 Å². The summed E-state index contributed by atoms with van der Waals surface area (Å²) in [5, 5.41) is 0. The van der Waals surface area contributed by atoms with Gasteiger partial charge in [-0.15, -0.1) is 0 Å². The Morgan fingerprint density at radius 3 is 3.24 bits per heavy atom. The fourth-order valence-electron chi connectivity index (χ4n) is 2.26. The molecule has 1 atom stereocenters. The van der Waals surface area contributed by atoms with E-state index in [1.165, 1.54) is 0 Å². The monoisotopic (exact) mass is 235 g/mol. The number of pyridine rings is 1. The van der Waals surface area contributed by atoms with E-state index < -0.39 is 0 Å². The van der Waals surface area contributed by atoms with E-state index in [1.807, 2.05) is 6.07 Å². The molecular formula is C13H21N3O. The van der Waals surface area contributed by atoms with E-state index in [0.29, 0.717) is 6.10 Å². The van der Waals surface area contributed by atoms with Crippen molar-refractivity contribution < 1.29 is 4.74 Å². The standard InChI is InChI=1S/C13H21N3O/c1-2-8-17-11-4-3-7-16(10-11)13-5-6-15-9-12(13)14/h5-6,9,11H,2-4,7-8,10,14H2,1H3. The number of piperidine rings is 1. The van der Waals surface area contributed by atoms with Crippen molar-refractivity contribution in [2.45, 2.75) is 32.3 Å². The van der Waals surface area contributed by atoms with Gasteiger partial charge < -0.3 is 15.4 Å². The number of nitrogens with zero attached hydrogens (tertiary/aromatic N) is 2. The van der Waals surface area contributed by atoms with Crippen LogP contribution in [0.4, 0.5) is 11.4 Å². The van der Waals surface area contributed by atoms with Gasteiger partial charge in [0.05, 0.1) is 23.7 Å². The first-order valence-corrected chi connectivity index (χ1v) is 6.37. The zero-order chi connectivity index (χ0) is 12.1. The average molecular weight is 235 g/mol. The molecule has 1 aromatic heterocycles. The topological polar surface area (TPSA) is 51.4 Å². The van der Waals surface area contributed by atoms with Gasteiger partial charge in [-0.1, -0.05) is 6.92 Å². The Bertz CT molecular complexity index is 356. The van der Waals surface area contributed by atoms with Gasteiger partial charge in [-0.25, -0.2) is 0 Å². The molecule has 1 aliphatic heterocycles. The van der Waals surface area contributed by atoms with E-state index in [9.17, 15) is 0 Å². The molecule has 0 aromatic carbocycles. The van der Waals surface area contributed by atoms with Gasteiger partial charge in [0.25, 0.3) is 0 Å². The van der Waals surface area contributed by atoms with Crippen LogP contribution in [0.5, 0.6) is 0 Å². The molecule has 0 amide bonds. The number of hydrogen-bond acceptors (Lipinski definition) is 4. The van der Waals surface area contributed by atoms with Gasteiger partial charge in [-0.2, -0.15) is 0 Å². The molecule has 2 rings (SSSR count). The van der Waals surface area contributed by atoms with Crippen molar-refractivity contribution in [3.8, 4) is 0 Å². The van der Waals surface area contributed by atoms with Gasteiger partial charge in [0.1, 0.15) is 0 Å². The van der Waals surface area contributed by atoms with Crippen LogP contribution in [0.15, 0.2) is 18.5 Å². The predicted octanol–water partition coefficient (Wildman–Crippen LogP) is 2.06. The Morgan fingerprint density at radius 2 is 2.47 bits per heavy atom. The van der Waals surface area contributed by atoms with Crippen molar-refractivity contribution in [2.75, 3.05) is 30.3 Å². The summed E-state index contributed by atoms with van der Waals surface area (Å²) in [6, 6.07) is 1.98. The van der Waals surface area contributed by atoms with Crippen LogP contribution in [0.1, 0.15) is 26.2 Å². The highest BCUT2D eigenvalue weighted by atomic mass is 16.5. The third-order valence-corrected chi connectivity index (χ3v) is 3.10. The summed E-state index contributed by atoms with van der Waals surface area (Å²) < 4.78 is 5.83. The van der Waals surface area contributed by atoms with Crippen molar-refractivity contribution in [3.63, 3.8) is 0 Å². The minimum Gasteiger partial charge on any atom is -0.396 e. The Morgan fingerprint density at radius 1 is 1.59 bits per heavy atom. The zero-order valence-corrected chi connectivity index (χ0v) is 10.4. The molecule has 2 N–H and O–H groups in total. The van der Waals surface area contributed by atoms with Crippen molar-refractivity contribution in [2.24, 2.45) is 0 Å². The summed E-state index contributed by atoms with van der Waals surface area (Å²) in [7, 11) is 0. The van der Waals surface area contributed by atoms with Gasteiger partial charge in [0.15, 0.2) is 0 Å². The lowest BCUT2D eigenvalue weighted by Crippen LogP contribution is -2.40. The quantitative estimate of drug-likeness (QED) is 0.868. The van der Waals surface area contributed by atoms with Crippen LogP contribution in [-0.2, 0) is 4.74 Å². The van der Waals surface area contributed by atoms with Crippen LogP contribution in [0.2, 0.25) is 0 Å². The number of rotatable bonds is 4. The first-order chi connectivity index (χ1) is 8.31. The smallest absolute Gasteiger partial charge is 0.0750 e. The van der Waals surface area contributed by atoms with Crippen LogP contribution in [0, 0.1) is 0 Å². The number of nitrogen functional groups attached to an aromatic ring is 1. The molecule has 1 fully saturated rings. The fraction of sp³-hybridized carbons (Fsp3) is 0.615. The Hall–Kier alpha value is -1.29. The molecule has 1 saturated heterocycles. The zero-order valence-electron chi connectivity index (χ0n) is 10.4. The molecule has 4 nitrogen and oxygen atoms in total. The first kappa shape index (κ1) is 12.2. The average Bonchev–Trinajstić information content (AvgIpc) is 2.37. The summed E-state index contributed by atoms with van der Waals surface area (Å²) in [4.78, 5) is 6.33. The molecule has 0 spiro atoms. The molecule has 1 aromatic rings. The lowest BCUT2D eigenvalue weighted by atomic mass is 10.1. The summed E-state index contributed by atoms with van der Waals surface area (Å²) >= 11 is 0. The van der Waals surface area contributed by atoms with E-state index >= 15 is 0 Å².